The van der Waals surface area contributed by atoms with Crippen molar-refractivity contribution in [3.05, 3.63) is 42.0 Å². The minimum absolute atomic E-state index is 0.595. The second-order valence-electron chi connectivity index (χ2n) is 3.64. The van der Waals surface area contributed by atoms with Gasteiger partial charge in [-0.15, -0.1) is 0 Å². The summed E-state index contributed by atoms with van der Waals surface area (Å²) >= 11 is 0. The van der Waals surface area contributed by atoms with E-state index in [2.05, 4.69) is 19.1 Å². The number of aliphatic carboxylic acids is 1. The summed E-state index contributed by atoms with van der Waals surface area (Å²) in [4.78, 5) is 12.3. The molecule has 86 valence electrons. The molecule has 0 heterocycles. The molecule has 0 aliphatic rings. The fraction of sp³-hybridized carbons (Fsp3) is 0.308. The first-order valence-electron chi connectivity index (χ1n) is 5.33. The van der Waals surface area contributed by atoms with Gasteiger partial charge in [-0.3, -0.25) is 0 Å². The minimum Gasteiger partial charge on any atom is -0.478 e. The fourth-order valence-corrected chi connectivity index (χ4v) is 1.40. The molecule has 0 bridgehead atoms. The van der Waals surface area contributed by atoms with Crippen LogP contribution in [0.2, 0.25) is 0 Å². The summed E-state index contributed by atoms with van der Waals surface area (Å²) in [6.45, 7) is 2.71. The maximum Gasteiger partial charge on any atom is 0.328 e. The van der Waals surface area contributed by atoms with Crippen LogP contribution in [0.4, 0.5) is 5.69 Å². The van der Waals surface area contributed by atoms with Gasteiger partial charge in [0.05, 0.1) is 0 Å². The SMILES string of the molecule is CCc1ccc(N(C)CC=CC(=O)O)cc1. The van der Waals surface area contributed by atoms with Crippen LogP contribution >= 0.6 is 0 Å². The summed E-state index contributed by atoms with van der Waals surface area (Å²) in [7, 11) is 1.94. The van der Waals surface area contributed by atoms with E-state index >= 15 is 0 Å². The first-order chi connectivity index (χ1) is 7.63. The molecule has 0 spiro atoms. The molecule has 16 heavy (non-hydrogen) atoms. The molecular formula is C13H17NO2. The van der Waals surface area contributed by atoms with Crippen molar-refractivity contribution >= 4 is 11.7 Å². The molecule has 0 aliphatic carbocycles. The Morgan fingerprint density at radius 2 is 2.00 bits per heavy atom. The van der Waals surface area contributed by atoms with Gasteiger partial charge in [0, 0.05) is 25.4 Å². The Morgan fingerprint density at radius 1 is 1.38 bits per heavy atom. The highest BCUT2D eigenvalue weighted by molar-refractivity contribution is 5.79. The molecule has 3 nitrogen and oxygen atoms in total. The molecule has 1 N–H and O–H groups in total. The van der Waals surface area contributed by atoms with Gasteiger partial charge in [0.2, 0.25) is 0 Å². The Kier molecular flexibility index (Phi) is 4.58. The monoisotopic (exact) mass is 219 g/mol. The lowest BCUT2D eigenvalue weighted by atomic mass is 10.1. The highest BCUT2D eigenvalue weighted by atomic mass is 16.4. The Labute approximate surface area is 96.0 Å². The van der Waals surface area contributed by atoms with Crippen LogP contribution < -0.4 is 4.90 Å². The van der Waals surface area contributed by atoms with Crippen LogP contribution in [-0.4, -0.2) is 24.7 Å². The molecule has 0 fully saturated rings. The molecule has 0 saturated heterocycles. The predicted molar refractivity (Wildman–Crippen MR) is 65.9 cm³/mol. The standard InChI is InChI=1S/C13H17NO2/c1-3-11-6-8-12(9-7-11)14(2)10-4-5-13(15)16/h4-9H,3,10H2,1-2H3,(H,15,16). The molecule has 0 amide bonds. The van der Waals surface area contributed by atoms with E-state index in [4.69, 9.17) is 5.11 Å². The van der Waals surface area contributed by atoms with Crippen molar-refractivity contribution in [2.75, 3.05) is 18.5 Å². The summed E-state index contributed by atoms with van der Waals surface area (Å²) in [5, 5.41) is 8.46. The van der Waals surface area contributed by atoms with E-state index < -0.39 is 5.97 Å². The van der Waals surface area contributed by atoms with Gasteiger partial charge in [0.1, 0.15) is 0 Å². The number of carbonyl (C=O) groups is 1. The van der Waals surface area contributed by atoms with E-state index in [0.29, 0.717) is 6.54 Å². The summed E-state index contributed by atoms with van der Waals surface area (Å²) in [5.74, 6) is -0.908. The van der Waals surface area contributed by atoms with Gasteiger partial charge < -0.3 is 10.0 Å². The quantitative estimate of drug-likeness (QED) is 0.773. The van der Waals surface area contributed by atoms with Gasteiger partial charge in [-0.2, -0.15) is 0 Å². The zero-order chi connectivity index (χ0) is 12.0. The number of anilines is 1. The number of hydrogen-bond donors (Lipinski definition) is 1. The average Bonchev–Trinajstić information content (AvgIpc) is 2.28. The Bertz CT molecular complexity index is 368. The molecule has 0 saturated carbocycles. The van der Waals surface area contributed by atoms with Crippen molar-refractivity contribution in [3.63, 3.8) is 0 Å². The van der Waals surface area contributed by atoms with Gasteiger partial charge in [-0.05, 0) is 24.1 Å². The van der Waals surface area contributed by atoms with E-state index in [-0.39, 0.29) is 0 Å². The summed E-state index contributed by atoms with van der Waals surface area (Å²) < 4.78 is 0. The van der Waals surface area contributed by atoms with Crippen LogP contribution in [0, 0.1) is 0 Å². The Hall–Kier alpha value is -1.77. The molecule has 0 aromatic heterocycles. The first kappa shape index (κ1) is 12.3. The van der Waals surface area contributed by atoms with Gasteiger partial charge in [-0.1, -0.05) is 25.1 Å². The summed E-state index contributed by atoms with van der Waals surface area (Å²) in [6.07, 6.45) is 3.83. The lowest BCUT2D eigenvalue weighted by Gasteiger charge is -2.17. The number of nitrogens with zero attached hydrogens (tertiary/aromatic N) is 1. The highest BCUT2D eigenvalue weighted by Gasteiger charge is 1.98. The smallest absolute Gasteiger partial charge is 0.328 e. The molecule has 0 unspecified atom stereocenters. The maximum atomic E-state index is 10.3. The maximum absolute atomic E-state index is 10.3. The molecule has 0 atom stereocenters. The number of hydrogen-bond acceptors (Lipinski definition) is 2. The van der Waals surface area contributed by atoms with E-state index in [0.717, 1.165) is 18.2 Å². The van der Waals surface area contributed by atoms with Crippen LogP contribution in [0.15, 0.2) is 36.4 Å². The number of likely N-dealkylation sites (N-methyl/N-ethyl adjacent to an activating group) is 1. The van der Waals surface area contributed by atoms with Crippen molar-refractivity contribution in [1.29, 1.82) is 0 Å². The van der Waals surface area contributed by atoms with Gasteiger partial charge in [0.15, 0.2) is 0 Å². The van der Waals surface area contributed by atoms with E-state index in [9.17, 15) is 4.79 Å². The number of rotatable bonds is 5. The molecule has 3 heteroatoms. The van der Waals surface area contributed by atoms with Gasteiger partial charge in [0.25, 0.3) is 0 Å². The Balaban J connectivity index is 2.58. The normalized spacial score (nSPS) is 10.6. The third-order valence-corrected chi connectivity index (χ3v) is 2.43. The molecular weight excluding hydrogens is 202 g/mol. The van der Waals surface area contributed by atoms with E-state index in [1.165, 1.54) is 5.56 Å². The van der Waals surface area contributed by atoms with Crippen LogP contribution in [0.3, 0.4) is 0 Å². The van der Waals surface area contributed by atoms with E-state index in [1.807, 2.05) is 24.1 Å². The average molecular weight is 219 g/mol. The summed E-state index contributed by atoms with van der Waals surface area (Å²) in [5.41, 5.74) is 2.39. The van der Waals surface area contributed by atoms with Crippen LogP contribution in [-0.2, 0) is 11.2 Å². The highest BCUT2D eigenvalue weighted by Crippen LogP contribution is 2.13. The molecule has 1 rings (SSSR count). The van der Waals surface area contributed by atoms with Gasteiger partial charge in [-0.25, -0.2) is 4.79 Å². The van der Waals surface area contributed by atoms with Crippen molar-refractivity contribution in [1.82, 2.24) is 0 Å². The summed E-state index contributed by atoms with van der Waals surface area (Å²) in [6, 6.07) is 8.28. The van der Waals surface area contributed by atoms with Crippen molar-refractivity contribution in [2.24, 2.45) is 0 Å². The molecule has 0 aliphatic heterocycles. The van der Waals surface area contributed by atoms with Gasteiger partial charge >= 0.3 is 5.97 Å². The predicted octanol–water partition coefficient (Wildman–Crippen LogP) is 2.33. The number of carboxylic acid groups (broad SMARTS) is 1. The third kappa shape index (κ3) is 3.77. The van der Waals surface area contributed by atoms with Crippen molar-refractivity contribution < 1.29 is 9.90 Å². The fourth-order valence-electron chi connectivity index (χ4n) is 1.40. The number of benzene rings is 1. The lowest BCUT2D eigenvalue weighted by molar-refractivity contribution is -0.131. The molecule has 0 radical (unpaired) electrons. The van der Waals surface area contributed by atoms with Crippen LogP contribution in [0.25, 0.3) is 0 Å². The first-order valence-corrected chi connectivity index (χ1v) is 5.33. The number of aryl methyl sites for hydroxylation is 1. The molecule has 1 aromatic rings. The number of carboxylic acids is 1. The van der Waals surface area contributed by atoms with Crippen molar-refractivity contribution in [3.8, 4) is 0 Å². The second kappa shape index (κ2) is 5.95. The third-order valence-electron chi connectivity index (χ3n) is 2.43. The Morgan fingerprint density at radius 3 is 2.50 bits per heavy atom. The van der Waals surface area contributed by atoms with Crippen LogP contribution in [0.5, 0.6) is 0 Å². The zero-order valence-electron chi connectivity index (χ0n) is 9.68. The zero-order valence-corrected chi connectivity index (χ0v) is 9.68. The largest absolute Gasteiger partial charge is 0.478 e. The van der Waals surface area contributed by atoms with Crippen LogP contribution in [0.1, 0.15) is 12.5 Å². The lowest BCUT2D eigenvalue weighted by Crippen LogP contribution is -2.16. The second-order valence-corrected chi connectivity index (χ2v) is 3.64. The topological polar surface area (TPSA) is 40.5 Å². The minimum atomic E-state index is -0.908. The van der Waals surface area contributed by atoms with E-state index in [1.54, 1.807) is 6.08 Å². The molecule has 1 aromatic carbocycles. The van der Waals surface area contributed by atoms with Crippen molar-refractivity contribution in [2.45, 2.75) is 13.3 Å².